The van der Waals surface area contributed by atoms with Crippen LogP contribution in [-0.2, 0) is 0 Å². The van der Waals surface area contributed by atoms with Gasteiger partial charge in [0, 0.05) is 22.2 Å². The molecule has 130 valence electrons. The molecule has 0 saturated carbocycles. The van der Waals surface area contributed by atoms with Crippen molar-refractivity contribution in [2.24, 2.45) is 0 Å². The molecule has 2 amide bonds. The zero-order chi connectivity index (χ0) is 18.3. The number of carbonyl (C=O) groups excluding carboxylic acids is 2. The van der Waals surface area contributed by atoms with Gasteiger partial charge in [-0.25, -0.2) is 0 Å². The molecule has 0 saturated heterocycles. The Labute approximate surface area is 152 Å². The van der Waals surface area contributed by atoms with Gasteiger partial charge in [-0.05, 0) is 41.1 Å². The van der Waals surface area contributed by atoms with Gasteiger partial charge in [0.05, 0.1) is 6.67 Å². The topological polar surface area (TPSA) is 49.4 Å². The minimum atomic E-state index is -0.259. The lowest BCUT2D eigenvalue weighted by Gasteiger charge is -2.27. The quantitative estimate of drug-likeness (QED) is 0.702. The molecule has 0 radical (unpaired) electrons. The normalized spacial score (nSPS) is 13.6. The Balaban J connectivity index is 1.60. The Hall–Kier alpha value is -3.14. The van der Waals surface area contributed by atoms with E-state index in [0.717, 1.165) is 16.5 Å². The van der Waals surface area contributed by atoms with Crippen LogP contribution in [0.25, 0.3) is 10.8 Å². The molecule has 0 fully saturated rings. The fourth-order valence-corrected chi connectivity index (χ4v) is 3.38. The maximum Gasteiger partial charge on any atom is 0.262 e. The Kier molecular flexibility index (Phi) is 3.96. The Morgan fingerprint density at radius 1 is 0.846 bits per heavy atom. The number of nitrogens with one attached hydrogen (secondary N) is 1. The fourth-order valence-electron chi connectivity index (χ4n) is 3.38. The van der Waals surface area contributed by atoms with Crippen LogP contribution in [0.3, 0.4) is 0 Å². The van der Waals surface area contributed by atoms with Gasteiger partial charge in [-0.15, -0.1) is 0 Å². The van der Waals surface area contributed by atoms with Gasteiger partial charge in [0.15, 0.2) is 0 Å². The number of carbonyl (C=O) groups is 2. The van der Waals surface area contributed by atoms with Crippen molar-refractivity contribution < 1.29 is 9.59 Å². The molecule has 0 aromatic heterocycles. The number of hydrogen-bond acceptors (Lipinski definition) is 3. The number of amides is 2. The van der Waals surface area contributed by atoms with Crippen LogP contribution in [0.15, 0.2) is 60.7 Å². The first-order chi connectivity index (χ1) is 12.6. The Morgan fingerprint density at radius 3 is 1.96 bits per heavy atom. The van der Waals surface area contributed by atoms with E-state index in [1.54, 1.807) is 12.1 Å². The van der Waals surface area contributed by atoms with Crippen LogP contribution in [0.4, 0.5) is 5.69 Å². The molecule has 4 heteroatoms. The molecule has 0 atom stereocenters. The number of rotatable bonds is 4. The zero-order valence-electron chi connectivity index (χ0n) is 14.8. The molecule has 1 N–H and O–H groups in total. The van der Waals surface area contributed by atoms with E-state index in [0.29, 0.717) is 17.0 Å². The molecule has 1 aliphatic rings. The number of hydrogen-bond donors (Lipinski definition) is 1. The van der Waals surface area contributed by atoms with Crippen molar-refractivity contribution in [2.75, 3.05) is 12.0 Å². The average molecular weight is 344 g/mol. The predicted molar refractivity (Wildman–Crippen MR) is 103 cm³/mol. The highest BCUT2D eigenvalue weighted by molar-refractivity contribution is 6.25. The summed E-state index contributed by atoms with van der Waals surface area (Å²) in [5.74, 6) is -0.0532. The van der Waals surface area contributed by atoms with Crippen LogP contribution >= 0.6 is 0 Å². The van der Waals surface area contributed by atoms with Crippen molar-refractivity contribution in [3.8, 4) is 0 Å². The third kappa shape index (κ3) is 2.64. The highest BCUT2D eigenvalue weighted by Crippen LogP contribution is 2.29. The van der Waals surface area contributed by atoms with Gasteiger partial charge >= 0.3 is 0 Å². The van der Waals surface area contributed by atoms with Gasteiger partial charge in [0.1, 0.15) is 0 Å². The second-order valence-electron chi connectivity index (χ2n) is 6.86. The molecule has 26 heavy (non-hydrogen) atoms. The molecule has 1 heterocycles. The van der Waals surface area contributed by atoms with Gasteiger partial charge in [-0.3, -0.25) is 14.5 Å². The number of nitrogens with zero attached hydrogens (tertiary/aromatic N) is 1. The largest absolute Gasteiger partial charge is 0.367 e. The molecule has 0 spiro atoms. The number of imide groups is 1. The number of benzene rings is 3. The van der Waals surface area contributed by atoms with Crippen LogP contribution < -0.4 is 5.32 Å². The second-order valence-corrected chi connectivity index (χ2v) is 6.86. The van der Waals surface area contributed by atoms with Gasteiger partial charge in [-0.2, -0.15) is 0 Å². The van der Waals surface area contributed by atoms with Crippen molar-refractivity contribution in [1.82, 2.24) is 4.90 Å². The lowest BCUT2D eigenvalue weighted by Crippen LogP contribution is -2.43. The first-order valence-corrected chi connectivity index (χ1v) is 8.78. The minimum absolute atomic E-state index is 0.142. The molecule has 0 aliphatic carbocycles. The second kappa shape index (κ2) is 6.30. The molecule has 4 rings (SSSR count). The van der Waals surface area contributed by atoms with Gasteiger partial charge in [0.25, 0.3) is 11.8 Å². The maximum atomic E-state index is 12.8. The summed E-state index contributed by atoms with van der Waals surface area (Å²) in [6.07, 6.45) is 0. The van der Waals surface area contributed by atoms with Crippen LogP contribution in [0.1, 0.15) is 46.0 Å². The van der Waals surface area contributed by atoms with Gasteiger partial charge in [-0.1, -0.05) is 50.2 Å². The molecule has 3 aromatic rings. The summed E-state index contributed by atoms with van der Waals surface area (Å²) in [7, 11) is 0. The van der Waals surface area contributed by atoms with E-state index in [-0.39, 0.29) is 18.5 Å². The first kappa shape index (κ1) is 16.3. The van der Waals surface area contributed by atoms with Crippen molar-refractivity contribution in [3.63, 3.8) is 0 Å². The van der Waals surface area contributed by atoms with E-state index in [4.69, 9.17) is 0 Å². The first-order valence-electron chi connectivity index (χ1n) is 8.78. The lowest BCUT2D eigenvalue weighted by atomic mass is 9.94. The van der Waals surface area contributed by atoms with Crippen LogP contribution in [-0.4, -0.2) is 23.4 Å². The molecule has 1 aliphatic heterocycles. The fraction of sp³-hybridized carbons (Fsp3) is 0.182. The molecule has 4 nitrogen and oxygen atoms in total. The van der Waals surface area contributed by atoms with Crippen LogP contribution in [0.2, 0.25) is 0 Å². The van der Waals surface area contributed by atoms with Crippen molar-refractivity contribution in [1.29, 1.82) is 0 Å². The van der Waals surface area contributed by atoms with E-state index in [9.17, 15) is 9.59 Å². The van der Waals surface area contributed by atoms with E-state index >= 15 is 0 Å². The van der Waals surface area contributed by atoms with Crippen molar-refractivity contribution >= 4 is 28.3 Å². The van der Waals surface area contributed by atoms with E-state index in [1.807, 2.05) is 36.4 Å². The lowest BCUT2D eigenvalue weighted by molar-refractivity contribution is 0.0622. The number of anilines is 1. The maximum absolute atomic E-state index is 12.8. The summed E-state index contributed by atoms with van der Waals surface area (Å²) < 4.78 is 0. The predicted octanol–water partition coefficient (Wildman–Crippen LogP) is 4.63. The summed E-state index contributed by atoms with van der Waals surface area (Å²) in [5.41, 5.74) is 3.29. The molecule has 0 bridgehead atoms. The SMILES string of the molecule is CC(C)c1ccc(NCN2C(=O)c3cccc4cccc(c34)C2=O)cc1. The molecule has 3 aromatic carbocycles. The smallest absolute Gasteiger partial charge is 0.262 e. The van der Waals surface area contributed by atoms with E-state index in [2.05, 4.69) is 31.3 Å². The van der Waals surface area contributed by atoms with Crippen molar-refractivity contribution in [3.05, 3.63) is 77.4 Å². The molecular weight excluding hydrogens is 324 g/mol. The Morgan fingerprint density at radius 2 is 1.42 bits per heavy atom. The average Bonchev–Trinajstić information content (AvgIpc) is 2.66. The van der Waals surface area contributed by atoms with E-state index in [1.165, 1.54) is 10.5 Å². The standard InChI is InChI=1S/C22H20N2O2/c1-14(2)15-9-11-17(12-10-15)23-13-24-21(25)18-7-3-5-16-6-4-8-19(20(16)18)22(24)26/h3-12,14,23H,13H2,1-2H3. The summed E-state index contributed by atoms with van der Waals surface area (Å²) in [6.45, 7) is 4.43. The van der Waals surface area contributed by atoms with E-state index < -0.39 is 0 Å². The van der Waals surface area contributed by atoms with Gasteiger partial charge < -0.3 is 5.32 Å². The van der Waals surface area contributed by atoms with Crippen LogP contribution in [0, 0.1) is 0 Å². The minimum Gasteiger partial charge on any atom is -0.367 e. The molecular formula is C22H20N2O2. The molecule has 0 unspecified atom stereocenters. The van der Waals surface area contributed by atoms with Crippen LogP contribution in [0.5, 0.6) is 0 Å². The monoisotopic (exact) mass is 344 g/mol. The zero-order valence-corrected chi connectivity index (χ0v) is 14.8. The summed E-state index contributed by atoms with van der Waals surface area (Å²) >= 11 is 0. The Bertz CT molecular complexity index is 956. The highest BCUT2D eigenvalue weighted by Gasteiger charge is 2.32. The third-order valence-corrected chi connectivity index (χ3v) is 4.87. The highest BCUT2D eigenvalue weighted by atomic mass is 16.2. The summed E-state index contributed by atoms with van der Waals surface area (Å²) in [4.78, 5) is 27.0. The summed E-state index contributed by atoms with van der Waals surface area (Å²) in [6, 6.07) is 19.2. The van der Waals surface area contributed by atoms with Gasteiger partial charge in [0.2, 0.25) is 0 Å². The van der Waals surface area contributed by atoms with Crippen molar-refractivity contribution in [2.45, 2.75) is 19.8 Å². The third-order valence-electron chi connectivity index (χ3n) is 4.87. The summed E-state index contributed by atoms with van der Waals surface area (Å²) in [5, 5.41) is 4.86.